The van der Waals surface area contributed by atoms with Crippen LogP contribution in [-0.2, 0) is 16.3 Å². The van der Waals surface area contributed by atoms with Crippen molar-refractivity contribution in [3.8, 4) is 0 Å². The number of nitrogens with zero attached hydrogens (tertiary/aromatic N) is 2. The van der Waals surface area contributed by atoms with E-state index in [-0.39, 0.29) is 0 Å². The summed E-state index contributed by atoms with van der Waals surface area (Å²) in [5.41, 5.74) is 0. The summed E-state index contributed by atoms with van der Waals surface area (Å²) in [5, 5.41) is 12.3. The molecule has 1 aromatic heterocycles. The van der Waals surface area contributed by atoms with E-state index >= 15 is 0 Å². The van der Waals surface area contributed by atoms with Crippen LogP contribution in [0.2, 0.25) is 0 Å². The maximum Gasteiger partial charge on any atom is 0.156 e. The molecule has 0 bridgehead atoms. The van der Waals surface area contributed by atoms with E-state index in [0.717, 1.165) is 18.0 Å². The van der Waals surface area contributed by atoms with E-state index in [9.17, 15) is 8.42 Å². The Morgan fingerprint density at radius 2 is 2.18 bits per heavy atom. The molecular formula is C10H17N3O2S2. The molecule has 0 aromatic carbocycles. The minimum absolute atomic E-state index is 0.551. The maximum absolute atomic E-state index is 11.4. The number of sulfone groups is 1. The standard InChI is InChI=1S/C10H17N3O2S2/c1-7(17(2,14)15)10-13-12-9(16-10)5-6-11-8-3-4-8/h7-8,11H,3-6H2,1-2H3. The Labute approximate surface area is 106 Å². The van der Waals surface area contributed by atoms with Crippen molar-refractivity contribution in [1.82, 2.24) is 15.5 Å². The van der Waals surface area contributed by atoms with Gasteiger partial charge in [0.25, 0.3) is 0 Å². The lowest BCUT2D eigenvalue weighted by Gasteiger charge is -2.02. The van der Waals surface area contributed by atoms with Gasteiger partial charge in [-0.3, -0.25) is 0 Å². The first-order valence-corrected chi connectivity index (χ1v) is 8.48. The molecule has 1 aliphatic carbocycles. The molecule has 0 amide bonds. The van der Waals surface area contributed by atoms with Crippen molar-refractivity contribution in [3.63, 3.8) is 0 Å². The van der Waals surface area contributed by atoms with Crippen molar-refractivity contribution < 1.29 is 8.42 Å². The van der Waals surface area contributed by atoms with Crippen LogP contribution in [0.3, 0.4) is 0 Å². The SMILES string of the molecule is CC(c1nnc(CCNC2CC2)s1)S(C)(=O)=O. The Morgan fingerprint density at radius 1 is 1.47 bits per heavy atom. The van der Waals surface area contributed by atoms with Gasteiger partial charge in [-0.25, -0.2) is 8.42 Å². The van der Waals surface area contributed by atoms with Gasteiger partial charge in [-0.1, -0.05) is 0 Å². The van der Waals surface area contributed by atoms with Gasteiger partial charge < -0.3 is 5.32 Å². The number of aromatic nitrogens is 2. The topological polar surface area (TPSA) is 72.0 Å². The largest absolute Gasteiger partial charge is 0.314 e. The molecule has 1 unspecified atom stereocenters. The number of hydrogen-bond donors (Lipinski definition) is 1. The van der Waals surface area contributed by atoms with Crippen LogP contribution in [0.1, 0.15) is 35.0 Å². The van der Waals surface area contributed by atoms with E-state index in [4.69, 9.17) is 0 Å². The smallest absolute Gasteiger partial charge is 0.156 e. The van der Waals surface area contributed by atoms with Crippen LogP contribution >= 0.6 is 11.3 Å². The van der Waals surface area contributed by atoms with E-state index in [1.807, 2.05) is 0 Å². The van der Waals surface area contributed by atoms with Crippen LogP contribution in [-0.4, -0.2) is 37.5 Å². The Balaban J connectivity index is 1.90. The molecule has 1 saturated carbocycles. The Bertz CT molecular complexity index is 479. The van der Waals surface area contributed by atoms with E-state index in [0.29, 0.717) is 11.0 Å². The average molecular weight is 275 g/mol. The van der Waals surface area contributed by atoms with Crippen LogP contribution < -0.4 is 5.32 Å². The van der Waals surface area contributed by atoms with Gasteiger partial charge in [0.05, 0.1) is 0 Å². The Morgan fingerprint density at radius 3 is 2.76 bits per heavy atom. The first-order valence-electron chi connectivity index (χ1n) is 5.71. The molecule has 0 aliphatic heterocycles. The highest BCUT2D eigenvalue weighted by atomic mass is 32.2. The number of rotatable bonds is 6. The Kier molecular flexibility index (Phi) is 3.79. The summed E-state index contributed by atoms with van der Waals surface area (Å²) < 4.78 is 22.8. The van der Waals surface area contributed by atoms with Gasteiger partial charge in [0.15, 0.2) is 9.84 Å². The van der Waals surface area contributed by atoms with E-state index in [1.54, 1.807) is 6.92 Å². The fourth-order valence-electron chi connectivity index (χ4n) is 1.39. The van der Waals surface area contributed by atoms with Gasteiger partial charge in [-0.2, -0.15) is 0 Å². The molecule has 96 valence electrons. The fraction of sp³-hybridized carbons (Fsp3) is 0.800. The minimum Gasteiger partial charge on any atom is -0.314 e. The van der Waals surface area contributed by atoms with Gasteiger partial charge in [0, 0.05) is 25.3 Å². The number of hydrogen-bond acceptors (Lipinski definition) is 6. The maximum atomic E-state index is 11.4. The fourth-order valence-corrected chi connectivity index (χ4v) is 3.24. The van der Waals surface area contributed by atoms with E-state index in [2.05, 4.69) is 15.5 Å². The quantitative estimate of drug-likeness (QED) is 0.836. The van der Waals surface area contributed by atoms with Gasteiger partial charge >= 0.3 is 0 Å². The monoisotopic (exact) mass is 275 g/mol. The lowest BCUT2D eigenvalue weighted by molar-refractivity contribution is 0.591. The van der Waals surface area contributed by atoms with Crippen LogP contribution in [0.25, 0.3) is 0 Å². The third-order valence-corrected chi connectivity index (χ3v) is 5.64. The summed E-state index contributed by atoms with van der Waals surface area (Å²) in [6.07, 6.45) is 4.59. The molecule has 7 heteroatoms. The molecule has 1 heterocycles. The van der Waals surface area contributed by atoms with E-state index in [1.165, 1.54) is 30.4 Å². The summed E-state index contributed by atoms with van der Waals surface area (Å²) in [5.74, 6) is 0. The van der Waals surface area contributed by atoms with E-state index < -0.39 is 15.1 Å². The molecule has 0 saturated heterocycles. The lowest BCUT2D eigenvalue weighted by atomic mass is 10.4. The van der Waals surface area contributed by atoms with Crippen LogP contribution in [0.5, 0.6) is 0 Å². The number of nitrogens with one attached hydrogen (secondary N) is 1. The average Bonchev–Trinajstić information content (AvgIpc) is 2.93. The highest BCUT2D eigenvalue weighted by molar-refractivity contribution is 7.91. The molecule has 1 N–H and O–H groups in total. The summed E-state index contributed by atoms with van der Waals surface area (Å²) >= 11 is 1.40. The minimum atomic E-state index is -3.07. The molecule has 5 nitrogen and oxygen atoms in total. The molecule has 1 atom stereocenters. The van der Waals surface area contributed by atoms with Crippen LogP contribution in [0.4, 0.5) is 0 Å². The zero-order chi connectivity index (χ0) is 12.5. The van der Waals surface area contributed by atoms with Crippen molar-refractivity contribution in [2.24, 2.45) is 0 Å². The molecule has 2 rings (SSSR count). The molecule has 17 heavy (non-hydrogen) atoms. The zero-order valence-corrected chi connectivity index (χ0v) is 11.6. The van der Waals surface area contributed by atoms with Crippen LogP contribution in [0, 0.1) is 0 Å². The predicted molar refractivity (Wildman–Crippen MR) is 67.9 cm³/mol. The van der Waals surface area contributed by atoms with Crippen molar-refractivity contribution in [2.45, 2.75) is 37.5 Å². The predicted octanol–water partition coefficient (Wildman–Crippen LogP) is 0.938. The molecule has 1 aromatic rings. The van der Waals surface area contributed by atoms with Crippen molar-refractivity contribution in [2.75, 3.05) is 12.8 Å². The zero-order valence-electron chi connectivity index (χ0n) is 10.0. The third-order valence-electron chi connectivity index (χ3n) is 2.82. The van der Waals surface area contributed by atoms with Gasteiger partial charge in [0.2, 0.25) is 0 Å². The van der Waals surface area contributed by atoms with Gasteiger partial charge in [-0.15, -0.1) is 21.5 Å². The van der Waals surface area contributed by atoms with Crippen molar-refractivity contribution >= 4 is 21.2 Å². The molecule has 1 aliphatic rings. The second-order valence-electron chi connectivity index (χ2n) is 4.48. The molecule has 0 radical (unpaired) electrons. The summed E-state index contributed by atoms with van der Waals surface area (Å²) in [6.45, 7) is 2.55. The Hall–Kier alpha value is -0.530. The molecule has 0 spiro atoms. The van der Waals surface area contributed by atoms with Gasteiger partial charge in [0.1, 0.15) is 15.3 Å². The highest BCUT2D eigenvalue weighted by Crippen LogP contribution is 2.24. The molecule has 1 fully saturated rings. The normalized spacial score (nSPS) is 18.2. The third kappa shape index (κ3) is 3.72. The highest BCUT2D eigenvalue weighted by Gasteiger charge is 2.22. The first kappa shape index (κ1) is 12.9. The lowest BCUT2D eigenvalue weighted by Crippen LogP contribution is -2.19. The van der Waals surface area contributed by atoms with Crippen molar-refractivity contribution in [3.05, 3.63) is 10.0 Å². The van der Waals surface area contributed by atoms with Gasteiger partial charge in [-0.05, 0) is 19.8 Å². The van der Waals surface area contributed by atoms with Crippen molar-refractivity contribution in [1.29, 1.82) is 0 Å². The summed E-state index contributed by atoms with van der Waals surface area (Å²) in [4.78, 5) is 0. The first-order chi connectivity index (χ1) is 7.97. The van der Waals surface area contributed by atoms with Crippen LogP contribution in [0.15, 0.2) is 0 Å². The second-order valence-corrected chi connectivity index (χ2v) is 7.94. The summed E-state index contributed by atoms with van der Waals surface area (Å²) in [7, 11) is -3.07. The summed E-state index contributed by atoms with van der Waals surface area (Å²) in [6, 6.07) is 0.692. The second kappa shape index (κ2) is 4.99. The molecular weight excluding hydrogens is 258 g/mol.